The Morgan fingerprint density at radius 1 is 0.766 bits per heavy atom. The smallest absolute Gasteiger partial charge is 0.259 e. The average Bonchev–Trinajstić information content (AvgIpc) is 3.07. The van der Waals surface area contributed by atoms with Crippen molar-refractivity contribution in [3.63, 3.8) is 0 Å². The maximum atomic E-state index is 12.2. The first-order chi connectivity index (χ1) is 22.7. The zero-order chi connectivity index (χ0) is 34.2. The fraction of sp³-hybridized carbons (Fsp3) is 0.486. The van der Waals surface area contributed by atoms with E-state index in [4.69, 9.17) is 23.8 Å². The molecule has 0 fully saturated rings. The summed E-state index contributed by atoms with van der Waals surface area (Å²) in [7, 11) is 1.06. The minimum atomic E-state index is -1.22. The number of hydrogen-bond acceptors (Lipinski definition) is 8. The van der Waals surface area contributed by atoms with Crippen LogP contribution in [0, 0.1) is 11.3 Å². The van der Waals surface area contributed by atoms with Crippen molar-refractivity contribution in [1.29, 1.82) is 5.26 Å². The number of unbranched alkanes of at least 4 members (excludes halogenated alkanes) is 3. The highest BCUT2D eigenvalue weighted by atomic mass is 32.2. The van der Waals surface area contributed by atoms with Crippen molar-refractivity contribution in [3.8, 4) is 17.6 Å². The molecule has 0 aromatic heterocycles. The number of nitrogens with one attached hydrogen (secondary N) is 1. The van der Waals surface area contributed by atoms with Crippen LogP contribution in [-0.4, -0.2) is 61.2 Å². The molecule has 3 aromatic rings. The Bertz CT molecular complexity index is 1340. The Morgan fingerprint density at radius 3 is 1.68 bits per heavy atom. The molecule has 47 heavy (non-hydrogen) atoms. The standard InChI is InChI=1S/C37H52N3O5PS/c1-29(2)40(30(3)4)46(45-28-12-25-38)44-27-11-9-8-10-26-39-37(31-13-19-34(42-5)20-14-31,32-15-21-35(43-6)22-16-32)33-17-23-36(24-18-33)47(7)41/h13-24,29-30,39H,8-12,26-28H2,1-7H3/t46?,47-/m1/s1. The molecule has 0 aliphatic heterocycles. The number of hydrogen-bond donors (Lipinski definition) is 1. The first-order valence-electron chi connectivity index (χ1n) is 16.4. The molecule has 2 atom stereocenters. The Hall–Kier alpha value is -2.83. The molecular weight excluding hydrogens is 629 g/mol. The molecule has 0 saturated heterocycles. The van der Waals surface area contributed by atoms with Crippen molar-refractivity contribution in [2.24, 2.45) is 0 Å². The normalized spacial score (nSPS) is 13.1. The summed E-state index contributed by atoms with van der Waals surface area (Å²) in [5.41, 5.74) is 2.54. The average molecular weight is 682 g/mol. The van der Waals surface area contributed by atoms with E-state index in [2.05, 4.69) is 80.1 Å². The lowest BCUT2D eigenvalue weighted by molar-refractivity contribution is 0.174. The summed E-state index contributed by atoms with van der Waals surface area (Å²) in [5.74, 6) is 1.58. The third-order valence-electron chi connectivity index (χ3n) is 7.99. The van der Waals surface area contributed by atoms with Crippen LogP contribution in [0.1, 0.15) is 76.5 Å². The van der Waals surface area contributed by atoms with Gasteiger partial charge in [-0.05, 0) is 100 Å². The highest BCUT2D eigenvalue weighted by molar-refractivity contribution is 7.84. The van der Waals surface area contributed by atoms with Crippen LogP contribution in [0.15, 0.2) is 77.7 Å². The second-order valence-corrected chi connectivity index (χ2v) is 14.7. The lowest BCUT2D eigenvalue weighted by Crippen LogP contribution is -2.45. The fourth-order valence-electron chi connectivity index (χ4n) is 5.70. The highest BCUT2D eigenvalue weighted by Crippen LogP contribution is 2.46. The molecule has 3 rings (SSSR count). The van der Waals surface area contributed by atoms with Crippen molar-refractivity contribution < 1.29 is 22.7 Å². The number of benzene rings is 3. The van der Waals surface area contributed by atoms with E-state index < -0.39 is 24.9 Å². The Balaban J connectivity index is 1.75. The second kappa shape index (κ2) is 19.9. The Morgan fingerprint density at radius 2 is 1.23 bits per heavy atom. The number of nitrogens with zero attached hydrogens (tertiary/aromatic N) is 2. The lowest BCUT2D eigenvalue weighted by atomic mass is 9.76. The zero-order valence-corrected chi connectivity index (χ0v) is 30.7. The van der Waals surface area contributed by atoms with Gasteiger partial charge in [0.2, 0.25) is 0 Å². The van der Waals surface area contributed by atoms with Crippen molar-refractivity contribution in [2.75, 3.05) is 40.2 Å². The summed E-state index contributed by atoms with van der Waals surface area (Å²) in [6, 6.07) is 27.2. The van der Waals surface area contributed by atoms with Crippen molar-refractivity contribution in [2.45, 2.75) is 82.3 Å². The van der Waals surface area contributed by atoms with Gasteiger partial charge in [0.15, 0.2) is 0 Å². The minimum Gasteiger partial charge on any atom is -0.497 e. The summed E-state index contributed by atoms with van der Waals surface area (Å²) in [6.07, 6.45) is 6.03. The SMILES string of the molecule is COc1ccc(C(NCCCCCCOP(OCCC#N)N(C(C)C)C(C)C)(c2ccc(OC)cc2)c2ccc([S@@](C)=O)cc2)cc1. The molecule has 1 N–H and O–H groups in total. The third kappa shape index (κ3) is 10.8. The van der Waals surface area contributed by atoms with Crippen LogP contribution < -0.4 is 14.8 Å². The van der Waals surface area contributed by atoms with Crippen LogP contribution in [0.25, 0.3) is 0 Å². The molecule has 0 radical (unpaired) electrons. The van der Waals surface area contributed by atoms with Crippen LogP contribution >= 0.6 is 8.53 Å². The maximum Gasteiger partial charge on any atom is 0.259 e. The Kier molecular flexibility index (Phi) is 16.3. The lowest BCUT2D eigenvalue weighted by Gasteiger charge is -2.37. The summed E-state index contributed by atoms with van der Waals surface area (Å²) in [6.45, 7) is 10.4. The molecule has 0 amide bonds. The largest absolute Gasteiger partial charge is 0.497 e. The third-order valence-corrected chi connectivity index (χ3v) is 11.0. The highest BCUT2D eigenvalue weighted by Gasteiger charge is 2.36. The van der Waals surface area contributed by atoms with Gasteiger partial charge in [0, 0.05) is 34.0 Å². The molecule has 8 nitrogen and oxygen atoms in total. The van der Waals surface area contributed by atoms with Crippen molar-refractivity contribution in [3.05, 3.63) is 89.5 Å². The molecule has 0 saturated carbocycles. The van der Waals surface area contributed by atoms with E-state index in [1.807, 2.05) is 36.4 Å². The van der Waals surface area contributed by atoms with Gasteiger partial charge in [-0.2, -0.15) is 5.26 Å². The summed E-state index contributed by atoms with van der Waals surface area (Å²) >= 11 is 0. The van der Waals surface area contributed by atoms with Gasteiger partial charge < -0.3 is 18.5 Å². The first kappa shape index (κ1) is 38.6. The van der Waals surface area contributed by atoms with Gasteiger partial charge in [-0.3, -0.25) is 9.53 Å². The molecule has 0 heterocycles. The summed E-state index contributed by atoms with van der Waals surface area (Å²) in [5, 5.41) is 12.9. The number of methoxy groups -OCH3 is 2. The molecule has 3 aromatic carbocycles. The molecular formula is C37H52N3O5PS. The van der Waals surface area contributed by atoms with E-state index in [-0.39, 0.29) is 12.1 Å². The van der Waals surface area contributed by atoms with Gasteiger partial charge >= 0.3 is 0 Å². The van der Waals surface area contributed by atoms with Gasteiger partial charge in [0.25, 0.3) is 8.53 Å². The van der Waals surface area contributed by atoms with Crippen LogP contribution in [0.2, 0.25) is 0 Å². The first-order valence-corrected chi connectivity index (χ1v) is 19.1. The van der Waals surface area contributed by atoms with Gasteiger partial charge in [-0.25, -0.2) is 4.67 Å². The topological polar surface area (TPSA) is 93.1 Å². The molecule has 0 bridgehead atoms. The summed E-state index contributed by atoms with van der Waals surface area (Å²) in [4.78, 5) is 0.790. The van der Waals surface area contributed by atoms with E-state index >= 15 is 0 Å². The van der Waals surface area contributed by atoms with Crippen LogP contribution in [0.5, 0.6) is 11.5 Å². The van der Waals surface area contributed by atoms with Crippen molar-refractivity contribution >= 4 is 19.3 Å². The van der Waals surface area contributed by atoms with Gasteiger partial charge in [-0.15, -0.1) is 0 Å². The molecule has 0 aliphatic carbocycles. The molecule has 0 aliphatic rings. The monoisotopic (exact) mass is 681 g/mol. The fourth-order valence-corrected chi connectivity index (χ4v) is 7.84. The maximum absolute atomic E-state index is 12.2. The molecule has 256 valence electrons. The molecule has 1 unspecified atom stereocenters. The van der Waals surface area contributed by atoms with E-state index in [1.165, 1.54) is 0 Å². The predicted octanol–water partition coefficient (Wildman–Crippen LogP) is 8.18. The van der Waals surface area contributed by atoms with Gasteiger partial charge in [0.05, 0.1) is 45.5 Å². The quantitative estimate of drug-likeness (QED) is 0.0684. The second-order valence-electron chi connectivity index (χ2n) is 11.9. The summed E-state index contributed by atoms with van der Waals surface area (Å²) < 4.78 is 37.8. The zero-order valence-electron chi connectivity index (χ0n) is 29.0. The number of rotatable bonds is 21. The van der Waals surface area contributed by atoms with Gasteiger partial charge in [-0.1, -0.05) is 49.2 Å². The predicted molar refractivity (Wildman–Crippen MR) is 192 cm³/mol. The molecule has 0 spiro atoms. The van der Waals surface area contributed by atoms with Crippen LogP contribution in [0.4, 0.5) is 0 Å². The van der Waals surface area contributed by atoms with E-state index in [0.29, 0.717) is 19.6 Å². The Labute approximate surface area is 286 Å². The number of ether oxygens (including phenoxy) is 2. The van der Waals surface area contributed by atoms with E-state index in [9.17, 15) is 4.21 Å². The molecule has 10 heteroatoms. The van der Waals surface area contributed by atoms with E-state index in [1.54, 1.807) is 20.5 Å². The van der Waals surface area contributed by atoms with E-state index in [0.717, 1.165) is 65.3 Å². The van der Waals surface area contributed by atoms with Crippen molar-refractivity contribution in [1.82, 2.24) is 9.99 Å². The van der Waals surface area contributed by atoms with Crippen LogP contribution in [0.3, 0.4) is 0 Å². The van der Waals surface area contributed by atoms with Crippen LogP contribution in [-0.2, 0) is 25.4 Å². The number of nitriles is 1. The van der Waals surface area contributed by atoms with Gasteiger partial charge in [0.1, 0.15) is 11.5 Å². The minimum absolute atomic E-state index is 0.284.